The number of ether oxygens (including phenoxy) is 1. The van der Waals surface area contributed by atoms with E-state index in [-0.39, 0.29) is 17.9 Å². The van der Waals surface area contributed by atoms with Gasteiger partial charge in [0.2, 0.25) is 5.91 Å². The molecule has 0 radical (unpaired) electrons. The summed E-state index contributed by atoms with van der Waals surface area (Å²) in [4.78, 5) is 17.9. The van der Waals surface area contributed by atoms with E-state index in [0.29, 0.717) is 22.9 Å². The molecule has 0 spiro atoms. The Morgan fingerprint density at radius 1 is 1.17 bits per heavy atom. The van der Waals surface area contributed by atoms with E-state index < -0.39 is 10.8 Å². The Morgan fingerprint density at radius 3 is 2.74 bits per heavy atom. The average Bonchev–Trinajstić information content (AvgIpc) is 3.41. The van der Waals surface area contributed by atoms with Crippen molar-refractivity contribution in [1.82, 2.24) is 14.8 Å². The fourth-order valence-electron chi connectivity index (χ4n) is 4.20. The highest BCUT2D eigenvalue weighted by atomic mass is 32.2. The van der Waals surface area contributed by atoms with Gasteiger partial charge in [0.25, 0.3) is 0 Å². The van der Waals surface area contributed by atoms with Crippen LogP contribution in [0.1, 0.15) is 37.5 Å². The van der Waals surface area contributed by atoms with E-state index in [1.807, 2.05) is 54.2 Å². The van der Waals surface area contributed by atoms with E-state index in [9.17, 15) is 9.00 Å². The molecule has 1 atom stereocenters. The Labute approximate surface area is 207 Å². The van der Waals surface area contributed by atoms with E-state index in [1.54, 1.807) is 12.4 Å². The number of benzene rings is 2. The molecule has 0 saturated heterocycles. The fraction of sp³-hybridized carbons (Fsp3) is 0.296. The number of nitrogens with one attached hydrogen (secondary N) is 1. The van der Waals surface area contributed by atoms with Crippen molar-refractivity contribution in [2.75, 3.05) is 11.1 Å². The van der Waals surface area contributed by atoms with Gasteiger partial charge in [-0.2, -0.15) is 5.10 Å². The second-order valence-corrected chi connectivity index (χ2v) is 11.4. The van der Waals surface area contributed by atoms with E-state index in [4.69, 9.17) is 4.74 Å². The van der Waals surface area contributed by atoms with Crippen molar-refractivity contribution in [2.45, 2.75) is 51.0 Å². The van der Waals surface area contributed by atoms with Gasteiger partial charge in [-0.15, -0.1) is 0 Å². The number of amides is 1. The zero-order valence-corrected chi connectivity index (χ0v) is 21.1. The molecule has 180 valence electrons. The lowest BCUT2D eigenvalue weighted by atomic mass is 10.1. The molecule has 2 aromatic heterocycles. The molecule has 1 amide bonds. The number of carbonyl (C=O) groups is 1. The topological polar surface area (TPSA) is 86.1 Å². The summed E-state index contributed by atoms with van der Waals surface area (Å²) in [7, 11) is -0.967. The molecule has 7 nitrogen and oxygen atoms in total. The van der Waals surface area contributed by atoms with Crippen LogP contribution in [0.15, 0.2) is 59.9 Å². The minimum atomic E-state index is -0.967. The first kappa shape index (κ1) is 23.2. The van der Waals surface area contributed by atoms with Gasteiger partial charge in [-0.1, -0.05) is 12.1 Å². The molecular weight excluding hydrogens is 460 g/mol. The monoisotopic (exact) mass is 488 g/mol. The third kappa shape index (κ3) is 4.84. The largest absolute Gasteiger partial charge is 0.456 e. The Morgan fingerprint density at radius 2 is 2.00 bits per heavy atom. The van der Waals surface area contributed by atoms with Crippen LogP contribution >= 0.6 is 0 Å². The average molecular weight is 489 g/mol. The van der Waals surface area contributed by atoms with Gasteiger partial charge in [-0.05, 0) is 75.1 Å². The minimum absolute atomic E-state index is 0.103. The maximum Gasteiger partial charge on any atom is 0.228 e. The van der Waals surface area contributed by atoms with Gasteiger partial charge in [-0.25, -0.2) is 0 Å². The number of rotatable bonds is 5. The van der Waals surface area contributed by atoms with Crippen LogP contribution in [0.4, 0.5) is 5.69 Å². The van der Waals surface area contributed by atoms with Crippen molar-refractivity contribution >= 4 is 33.3 Å². The highest BCUT2D eigenvalue weighted by Gasteiger charge is 2.21. The molecule has 1 N–H and O–H groups in total. The molecule has 35 heavy (non-hydrogen) atoms. The SMILES string of the molecule is Cc1cc(CC(=O)Nc2cnn(C(C)(C)C)c2)ccc1Oc1ccnc2cc3c(cc12)S(=O)CC3. The summed E-state index contributed by atoms with van der Waals surface area (Å²) in [5.74, 6) is 1.93. The molecule has 1 aliphatic rings. The maximum absolute atomic E-state index is 12.6. The number of hydrogen-bond acceptors (Lipinski definition) is 5. The first-order valence-electron chi connectivity index (χ1n) is 11.6. The van der Waals surface area contributed by atoms with Crippen molar-refractivity contribution in [3.8, 4) is 11.5 Å². The molecule has 0 aliphatic carbocycles. The molecule has 3 heterocycles. The van der Waals surface area contributed by atoms with Crippen LogP contribution in [0, 0.1) is 6.92 Å². The Bertz CT molecular complexity index is 1470. The Balaban J connectivity index is 1.31. The highest BCUT2D eigenvalue weighted by molar-refractivity contribution is 7.85. The van der Waals surface area contributed by atoms with Crippen LogP contribution in [0.5, 0.6) is 11.5 Å². The molecular formula is C27H28N4O3S. The van der Waals surface area contributed by atoms with Crippen molar-refractivity contribution in [2.24, 2.45) is 0 Å². The molecule has 0 fully saturated rings. The quantitative estimate of drug-likeness (QED) is 0.421. The van der Waals surface area contributed by atoms with Crippen molar-refractivity contribution in [3.05, 3.63) is 71.7 Å². The molecule has 2 aromatic carbocycles. The van der Waals surface area contributed by atoms with E-state index >= 15 is 0 Å². The van der Waals surface area contributed by atoms with Gasteiger partial charge in [0.15, 0.2) is 0 Å². The first-order chi connectivity index (χ1) is 16.7. The summed E-state index contributed by atoms with van der Waals surface area (Å²) in [5.41, 5.74) is 4.28. The van der Waals surface area contributed by atoms with Gasteiger partial charge in [0, 0.05) is 28.4 Å². The lowest BCUT2D eigenvalue weighted by molar-refractivity contribution is -0.115. The zero-order chi connectivity index (χ0) is 24.7. The van der Waals surface area contributed by atoms with Crippen LogP contribution in [-0.4, -0.2) is 30.6 Å². The third-order valence-corrected chi connectivity index (χ3v) is 7.51. The summed E-state index contributed by atoms with van der Waals surface area (Å²) < 4.78 is 20.4. The number of fused-ring (bicyclic) bond motifs is 2. The van der Waals surface area contributed by atoms with Crippen LogP contribution in [0.2, 0.25) is 0 Å². The molecule has 0 bridgehead atoms. The van der Waals surface area contributed by atoms with Gasteiger partial charge < -0.3 is 10.1 Å². The van der Waals surface area contributed by atoms with Gasteiger partial charge in [-0.3, -0.25) is 18.7 Å². The maximum atomic E-state index is 12.6. The predicted molar refractivity (Wildman–Crippen MR) is 138 cm³/mol. The molecule has 5 rings (SSSR count). The number of anilines is 1. The van der Waals surface area contributed by atoms with Crippen LogP contribution in [0.25, 0.3) is 10.9 Å². The number of carbonyl (C=O) groups excluding carboxylic acids is 1. The smallest absolute Gasteiger partial charge is 0.228 e. The van der Waals surface area contributed by atoms with Crippen molar-refractivity contribution < 1.29 is 13.7 Å². The van der Waals surface area contributed by atoms with Crippen molar-refractivity contribution in [1.29, 1.82) is 0 Å². The zero-order valence-electron chi connectivity index (χ0n) is 20.3. The standard InChI is InChI=1S/C27H28N4O3S/c1-17-11-18(12-26(32)30-20-15-29-31(16-20)27(2,3)4)5-6-23(17)34-24-7-9-28-22-13-19-8-10-35(33)25(19)14-21(22)24/h5-7,9,11,13-16H,8,10,12H2,1-4H3,(H,30,32). The van der Waals surface area contributed by atoms with Crippen molar-refractivity contribution in [3.63, 3.8) is 0 Å². The number of aryl methyl sites for hydroxylation is 2. The minimum Gasteiger partial charge on any atom is -0.456 e. The number of nitrogens with zero attached hydrogens (tertiary/aromatic N) is 3. The van der Waals surface area contributed by atoms with E-state index in [1.165, 1.54) is 0 Å². The van der Waals surface area contributed by atoms with Crippen LogP contribution < -0.4 is 10.1 Å². The summed E-state index contributed by atoms with van der Waals surface area (Å²) in [6.07, 6.45) is 6.29. The summed E-state index contributed by atoms with van der Waals surface area (Å²) >= 11 is 0. The van der Waals surface area contributed by atoms with Crippen LogP contribution in [0.3, 0.4) is 0 Å². The van der Waals surface area contributed by atoms with Gasteiger partial charge >= 0.3 is 0 Å². The fourth-order valence-corrected chi connectivity index (χ4v) is 5.53. The number of pyridine rings is 1. The van der Waals surface area contributed by atoms with E-state index in [0.717, 1.165) is 38.9 Å². The lowest BCUT2D eigenvalue weighted by Crippen LogP contribution is -2.22. The summed E-state index contributed by atoms with van der Waals surface area (Å²) in [6, 6.07) is 11.5. The molecule has 0 saturated carbocycles. The molecule has 4 aromatic rings. The third-order valence-electron chi connectivity index (χ3n) is 6.06. The lowest BCUT2D eigenvalue weighted by Gasteiger charge is -2.18. The Kier molecular flexibility index (Phi) is 5.92. The van der Waals surface area contributed by atoms with Gasteiger partial charge in [0.1, 0.15) is 11.5 Å². The van der Waals surface area contributed by atoms with E-state index in [2.05, 4.69) is 36.2 Å². The Hall–Kier alpha value is -3.52. The predicted octanol–water partition coefficient (Wildman–Crippen LogP) is 5.13. The molecule has 1 unspecified atom stereocenters. The van der Waals surface area contributed by atoms with Crippen LogP contribution in [-0.2, 0) is 34.0 Å². The molecule has 1 aliphatic heterocycles. The number of aromatic nitrogens is 3. The summed E-state index contributed by atoms with van der Waals surface area (Å²) in [6.45, 7) is 8.13. The summed E-state index contributed by atoms with van der Waals surface area (Å²) in [5, 5.41) is 8.08. The number of hydrogen-bond donors (Lipinski definition) is 1. The first-order valence-corrected chi connectivity index (χ1v) is 12.9. The molecule has 8 heteroatoms. The normalized spacial score (nSPS) is 15.3. The highest BCUT2D eigenvalue weighted by Crippen LogP contribution is 2.35. The second-order valence-electron chi connectivity index (χ2n) is 9.86. The van der Waals surface area contributed by atoms with Gasteiger partial charge in [0.05, 0.1) is 40.2 Å². The second kappa shape index (κ2) is 8.92.